The minimum atomic E-state index is 0.276. The molecule has 3 heterocycles. The average molecular weight is 309 g/mol. The number of nitrogens with one attached hydrogen (secondary N) is 1. The number of anilines is 1. The van der Waals surface area contributed by atoms with Crippen LogP contribution in [0.2, 0.25) is 5.02 Å². The number of hydrogen-bond donors (Lipinski definition) is 1. The summed E-state index contributed by atoms with van der Waals surface area (Å²) < 4.78 is 0. The third kappa shape index (κ3) is 3.66. The van der Waals surface area contributed by atoms with E-state index in [4.69, 9.17) is 11.6 Å². The van der Waals surface area contributed by atoms with E-state index < -0.39 is 0 Å². The molecule has 0 saturated carbocycles. The van der Waals surface area contributed by atoms with Gasteiger partial charge in [-0.3, -0.25) is 4.79 Å². The van der Waals surface area contributed by atoms with Crippen molar-refractivity contribution in [1.82, 2.24) is 15.2 Å². The molecule has 1 aromatic rings. The summed E-state index contributed by atoms with van der Waals surface area (Å²) in [4.78, 5) is 20.8. The smallest absolute Gasteiger partial charge is 0.224 e. The Kier molecular flexibility index (Phi) is 4.60. The van der Waals surface area contributed by atoms with Crippen molar-refractivity contribution in [2.45, 2.75) is 25.3 Å². The quantitative estimate of drug-likeness (QED) is 0.920. The van der Waals surface area contributed by atoms with Gasteiger partial charge in [-0.25, -0.2) is 4.98 Å². The van der Waals surface area contributed by atoms with Gasteiger partial charge >= 0.3 is 0 Å². The molecule has 2 aliphatic heterocycles. The van der Waals surface area contributed by atoms with Crippen LogP contribution in [0.4, 0.5) is 5.82 Å². The maximum atomic E-state index is 12.3. The lowest BCUT2D eigenvalue weighted by Gasteiger charge is -2.35. The lowest BCUT2D eigenvalue weighted by molar-refractivity contribution is -0.131. The summed E-state index contributed by atoms with van der Waals surface area (Å²) in [6.45, 7) is 4.26. The highest BCUT2D eigenvalue weighted by atomic mass is 35.5. The fraction of sp³-hybridized carbons (Fsp3) is 0.600. The molecule has 0 aliphatic carbocycles. The summed E-state index contributed by atoms with van der Waals surface area (Å²) in [6, 6.07) is 4.17. The van der Waals surface area contributed by atoms with Crippen molar-refractivity contribution >= 4 is 23.3 Å². The zero-order valence-corrected chi connectivity index (χ0v) is 12.9. The van der Waals surface area contributed by atoms with E-state index in [1.807, 2.05) is 17.0 Å². The molecular formula is C15H21ClN4O. The third-order valence-electron chi connectivity index (χ3n) is 4.25. The summed E-state index contributed by atoms with van der Waals surface area (Å²) in [5, 5.41) is 4.04. The van der Waals surface area contributed by atoms with E-state index in [1.165, 1.54) is 6.42 Å². The lowest BCUT2D eigenvalue weighted by Crippen LogP contribution is -2.49. The van der Waals surface area contributed by atoms with Crippen molar-refractivity contribution < 1.29 is 4.79 Å². The number of hydrogen-bond acceptors (Lipinski definition) is 4. The van der Waals surface area contributed by atoms with Crippen molar-refractivity contribution in [2.75, 3.05) is 37.6 Å². The van der Waals surface area contributed by atoms with Gasteiger partial charge in [0, 0.05) is 44.8 Å². The van der Waals surface area contributed by atoms with Crippen LogP contribution in [0.3, 0.4) is 0 Å². The first-order valence-electron chi connectivity index (χ1n) is 7.60. The fourth-order valence-electron chi connectivity index (χ4n) is 3.01. The first-order valence-corrected chi connectivity index (χ1v) is 7.98. The molecule has 114 valence electrons. The van der Waals surface area contributed by atoms with Gasteiger partial charge in [-0.15, -0.1) is 0 Å². The summed E-state index contributed by atoms with van der Waals surface area (Å²) >= 11 is 5.86. The topological polar surface area (TPSA) is 48.5 Å². The van der Waals surface area contributed by atoms with Crippen LogP contribution in [-0.2, 0) is 4.79 Å². The molecule has 1 amide bonds. The van der Waals surface area contributed by atoms with E-state index in [0.29, 0.717) is 17.5 Å². The number of nitrogens with zero attached hydrogens (tertiary/aromatic N) is 3. The van der Waals surface area contributed by atoms with Crippen LogP contribution < -0.4 is 10.2 Å². The molecule has 6 heteroatoms. The van der Waals surface area contributed by atoms with Crippen LogP contribution in [0.1, 0.15) is 19.3 Å². The second kappa shape index (κ2) is 6.62. The number of aromatic nitrogens is 1. The molecule has 2 fully saturated rings. The summed E-state index contributed by atoms with van der Waals surface area (Å²) in [7, 11) is 0. The molecular weight excluding hydrogens is 288 g/mol. The molecule has 1 aromatic heterocycles. The van der Waals surface area contributed by atoms with Crippen molar-refractivity contribution in [3.8, 4) is 0 Å². The summed E-state index contributed by atoms with van der Waals surface area (Å²) in [5.74, 6) is 1.21. The van der Waals surface area contributed by atoms with Crippen LogP contribution in [0.25, 0.3) is 0 Å². The Morgan fingerprint density at radius 3 is 2.76 bits per heavy atom. The van der Waals surface area contributed by atoms with E-state index >= 15 is 0 Å². The van der Waals surface area contributed by atoms with Gasteiger partial charge < -0.3 is 15.1 Å². The number of halogens is 1. The van der Waals surface area contributed by atoms with Gasteiger partial charge in [-0.2, -0.15) is 0 Å². The largest absolute Gasteiger partial charge is 0.353 e. The van der Waals surface area contributed by atoms with Crippen molar-refractivity contribution in [1.29, 1.82) is 0 Å². The van der Waals surface area contributed by atoms with Crippen LogP contribution in [0, 0.1) is 0 Å². The van der Waals surface area contributed by atoms with Crippen LogP contribution >= 0.6 is 11.6 Å². The zero-order chi connectivity index (χ0) is 14.7. The number of carbonyl (C=O) groups is 1. The summed E-state index contributed by atoms with van der Waals surface area (Å²) in [6.07, 6.45) is 4.62. The van der Waals surface area contributed by atoms with E-state index in [2.05, 4.69) is 15.2 Å². The summed E-state index contributed by atoms with van der Waals surface area (Å²) in [5.41, 5.74) is 0. The first kappa shape index (κ1) is 14.6. The zero-order valence-electron chi connectivity index (χ0n) is 12.1. The first-order chi connectivity index (χ1) is 10.2. The highest BCUT2D eigenvalue weighted by molar-refractivity contribution is 6.30. The molecule has 0 radical (unpaired) electrons. The predicted octanol–water partition coefficient (Wildman–Crippen LogP) is 1.53. The monoisotopic (exact) mass is 308 g/mol. The maximum Gasteiger partial charge on any atom is 0.224 e. The van der Waals surface area contributed by atoms with E-state index in [1.54, 1.807) is 6.20 Å². The van der Waals surface area contributed by atoms with Crippen LogP contribution in [-0.4, -0.2) is 54.6 Å². The Morgan fingerprint density at radius 1 is 1.33 bits per heavy atom. The third-order valence-corrected chi connectivity index (χ3v) is 4.48. The molecule has 0 bridgehead atoms. The molecule has 3 rings (SSSR count). The number of carbonyl (C=O) groups excluding carboxylic acids is 1. The van der Waals surface area contributed by atoms with Crippen LogP contribution in [0.15, 0.2) is 18.3 Å². The van der Waals surface area contributed by atoms with Crippen molar-refractivity contribution in [3.63, 3.8) is 0 Å². The van der Waals surface area contributed by atoms with E-state index in [9.17, 15) is 4.79 Å². The van der Waals surface area contributed by atoms with Gasteiger partial charge in [-0.1, -0.05) is 11.6 Å². The van der Waals surface area contributed by atoms with Gasteiger partial charge in [0.15, 0.2) is 0 Å². The molecule has 21 heavy (non-hydrogen) atoms. The van der Waals surface area contributed by atoms with Gasteiger partial charge in [0.05, 0.1) is 5.02 Å². The Labute approximate surface area is 130 Å². The molecule has 5 nitrogen and oxygen atoms in total. The minimum absolute atomic E-state index is 0.276. The Balaban J connectivity index is 1.50. The standard InChI is InChI=1S/C15H21ClN4O/c16-12-3-4-14(18-11-12)19-6-8-20(9-7-19)15(21)10-13-2-1-5-17-13/h3-4,11,13,17H,1-2,5-10H2. The fourth-order valence-corrected chi connectivity index (χ4v) is 3.12. The molecule has 0 aromatic carbocycles. The second-order valence-electron chi connectivity index (χ2n) is 5.70. The molecule has 1 unspecified atom stereocenters. The number of piperazine rings is 1. The van der Waals surface area contributed by atoms with Gasteiger partial charge in [0.2, 0.25) is 5.91 Å². The average Bonchev–Trinajstić information content (AvgIpc) is 3.01. The number of amides is 1. The van der Waals surface area contributed by atoms with Crippen molar-refractivity contribution in [3.05, 3.63) is 23.4 Å². The Morgan fingerprint density at radius 2 is 2.14 bits per heavy atom. The van der Waals surface area contributed by atoms with Gasteiger partial charge in [-0.05, 0) is 31.5 Å². The highest BCUT2D eigenvalue weighted by Gasteiger charge is 2.25. The van der Waals surface area contributed by atoms with Gasteiger partial charge in [0.25, 0.3) is 0 Å². The highest BCUT2D eigenvalue weighted by Crippen LogP contribution is 2.17. The Hall–Kier alpha value is -1.33. The molecule has 2 aliphatic rings. The predicted molar refractivity (Wildman–Crippen MR) is 83.7 cm³/mol. The van der Waals surface area contributed by atoms with E-state index in [0.717, 1.165) is 45.0 Å². The number of pyridine rings is 1. The van der Waals surface area contributed by atoms with Crippen molar-refractivity contribution in [2.24, 2.45) is 0 Å². The molecule has 1 N–H and O–H groups in total. The molecule has 2 saturated heterocycles. The second-order valence-corrected chi connectivity index (χ2v) is 6.14. The van der Waals surface area contributed by atoms with E-state index in [-0.39, 0.29) is 5.91 Å². The SMILES string of the molecule is O=C(CC1CCCN1)N1CCN(c2ccc(Cl)cn2)CC1. The van der Waals surface area contributed by atoms with Gasteiger partial charge in [0.1, 0.15) is 5.82 Å². The Bertz CT molecular complexity index is 479. The number of rotatable bonds is 3. The molecule has 1 atom stereocenters. The van der Waals surface area contributed by atoms with Crippen LogP contribution in [0.5, 0.6) is 0 Å². The normalized spacial score (nSPS) is 22.6. The lowest BCUT2D eigenvalue weighted by atomic mass is 10.1. The molecule has 0 spiro atoms. The minimum Gasteiger partial charge on any atom is -0.353 e. The maximum absolute atomic E-state index is 12.3.